The zero-order valence-corrected chi connectivity index (χ0v) is 17.0. The maximum atomic E-state index is 12.4. The van der Waals surface area contributed by atoms with Crippen molar-refractivity contribution in [3.8, 4) is 22.8 Å². The molecule has 4 aromatic rings. The summed E-state index contributed by atoms with van der Waals surface area (Å²) in [4.78, 5) is 22.7. The summed E-state index contributed by atoms with van der Waals surface area (Å²) in [6.45, 7) is 4.47. The van der Waals surface area contributed by atoms with E-state index < -0.39 is 0 Å². The molecule has 1 unspecified atom stereocenters. The lowest BCUT2D eigenvalue weighted by molar-refractivity contribution is -0.127. The molecule has 0 saturated carbocycles. The van der Waals surface area contributed by atoms with E-state index in [0.717, 1.165) is 11.1 Å². The summed E-state index contributed by atoms with van der Waals surface area (Å²) in [5.74, 6) is -0.432. The number of benzene rings is 2. The van der Waals surface area contributed by atoms with Crippen molar-refractivity contribution in [3.05, 3.63) is 72.6 Å². The van der Waals surface area contributed by atoms with Crippen molar-refractivity contribution in [2.24, 2.45) is 0 Å². The van der Waals surface area contributed by atoms with Gasteiger partial charge in [0, 0.05) is 18.7 Å². The maximum absolute atomic E-state index is 12.4. The quantitative estimate of drug-likeness (QED) is 0.338. The Bertz CT molecular complexity index is 1380. The van der Waals surface area contributed by atoms with E-state index in [1.165, 1.54) is 24.5 Å². The Morgan fingerprint density at radius 3 is 2.75 bits per heavy atom. The van der Waals surface area contributed by atoms with Gasteiger partial charge in [0.15, 0.2) is 17.1 Å². The molecular weight excluding hydrogens is 408 g/mol. The van der Waals surface area contributed by atoms with Crippen molar-refractivity contribution >= 4 is 22.8 Å². The number of rotatable bonds is 3. The first-order chi connectivity index (χ1) is 15.5. The normalized spacial score (nSPS) is 15.5. The number of nitrogens with two attached hydrogens (primary N) is 1. The minimum atomic E-state index is -0.319. The third-order valence-corrected chi connectivity index (χ3v) is 5.72. The third kappa shape index (κ3) is 3.02. The maximum Gasteiger partial charge on any atom is 0.246 e. The molecule has 1 amide bonds. The molecule has 1 aliphatic rings. The van der Waals surface area contributed by atoms with Crippen molar-refractivity contribution in [1.82, 2.24) is 24.6 Å². The van der Waals surface area contributed by atoms with E-state index in [1.807, 2.05) is 24.3 Å². The second kappa shape index (κ2) is 7.38. The van der Waals surface area contributed by atoms with Crippen molar-refractivity contribution in [1.29, 1.82) is 0 Å². The molecule has 0 aliphatic carbocycles. The van der Waals surface area contributed by atoms with Crippen molar-refractivity contribution in [2.45, 2.75) is 12.6 Å². The predicted octanol–water partition coefficient (Wildman–Crippen LogP) is 2.60. The summed E-state index contributed by atoms with van der Waals surface area (Å²) in [6, 6.07) is 12.0. The average Bonchev–Trinajstić information content (AvgIpc) is 3.20. The lowest BCUT2D eigenvalue weighted by Gasteiger charge is -2.34. The van der Waals surface area contributed by atoms with E-state index in [1.54, 1.807) is 15.6 Å². The Hall–Kier alpha value is -4.40. The van der Waals surface area contributed by atoms with Crippen LogP contribution in [0.15, 0.2) is 61.4 Å². The van der Waals surface area contributed by atoms with Crippen LogP contribution in [0.3, 0.4) is 0 Å². The Labute approximate surface area is 183 Å². The first-order valence-corrected chi connectivity index (χ1v) is 9.98. The number of aromatic hydroxyl groups is 2. The van der Waals surface area contributed by atoms with Crippen LogP contribution >= 0.6 is 0 Å². The van der Waals surface area contributed by atoms with Crippen LogP contribution in [0, 0.1) is 0 Å². The SMILES string of the molecule is C=CC(=O)N1Cc2ccccc2C(n2nc(-c3ccc(O)c(O)c3)c3c(N)ncnc32)C1. The summed E-state index contributed by atoms with van der Waals surface area (Å²) in [5, 5.41) is 25.1. The van der Waals surface area contributed by atoms with Crippen LogP contribution < -0.4 is 5.73 Å². The van der Waals surface area contributed by atoms with E-state index in [9.17, 15) is 15.0 Å². The number of amides is 1. The Morgan fingerprint density at radius 1 is 1.16 bits per heavy atom. The van der Waals surface area contributed by atoms with E-state index >= 15 is 0 Å². The molecule has 0 saturated heterocycles. The largest absolute Gasteiger partial charge is 0.504 e. The lowest BCUT2D eigenvalue weighted by atomic mass is 9.95. The van der Waals surface area contributed by atoms with E-state index in [4.69, 9.17) is 10.8 Å². The van der Waals surface area contributed by atoms with Gasteiger partial charge in [-0.15, -0.1) is 0 Å². The predicted molar refractivity (Wildman–Crippen MR) is 119 cm³/mol. The molecule has 9 nitrogen and oxygen atoms in total. The van der Waals surface area contributed by atoms with E-state index in [0.29, 0.717) is 35.4 Å². The monoisotopic (exact) mass is 428 g/mol. The van der Waals surface area contributed by atoms with Crippen LogP contribution in [0.5, 0.6) is 11.5 Å². The van der Waals surface area contributed by atoms with Crippen LogP contribution in [0.2, 0.25) is 0 Å². The number of hydrogen-bond donors (Lipinski definition) is 3. The highest BCUT2D eigenvalue weighted by atomic mass is 16.3. The molecule has 1 atom stereocenters. The molecule has 2 aromatic heterocycles. The molecule has 9 heteroatoms. The van der Waals surface area contributed by atoms with Gasteiger partial charge in [0.25, 0.3) is 0 Å². The Kier molecular flexibility index (Phi) is 4.51. The minimum absolute atomic E-state index is 0.168. The number of phenolic OH excluding ortho intramolecular Hbond substituents is 2. The minimum Gasteiger partial charge on any atom is -0.504 e. The van der Waals surface area contributed by atoms with Gasteiger partial charge in [0.1, 0.15) is 17.8 Å². The fraction of sp³-hybridized carbons (Fsp3) is 0.130. The molecule has 160 valence electrons. The Balaban J connectivity index is 1.74. The van der Waals surface area contributed by atoms with Crippen molar-refractivity contribution < 1.29 is 15.0 Å². The van der Waals surface area contributed by atoms with Gasteiger partial charge in [-0.25, -0.2) is 14.6 Å². The fourth-order valence-electron chi connectivity index (χ4n) is 4.17. The van der Waals surface area contributed by atoms with Gasteiger partial charge in [0.2, 0.25) is 5.91 Å². The first kappa shape index (κ1) is 19.6. The van der Waals surface area contributed by atoms with Crippen molar-refractivity contribution in [3.63, 3.8) is 0 Å². The summed E-state index contributed by atoms with van der Waals surface area (Å²) in [6.07, 6.45) is 2.67. The molecule has 3 heterocycles. The molecule has 2 aromatic carbocycles. The topological polar surface area (TPSA) is 130 Å². The number of fused-ring (bicyclic) bond motifs is 2. The Morgan fingerprint density at radius 2 is 1.97 bits per heavy atom. The second-order valence-corrected chi connectivity index (χ2v) is 7.59. The smallest absolute Gasteiger partial charge is 0.246 e. The number of carbonyl (C=O) groups is 1. The van der Waals surface area contributed by atoms with Gasteiger partial charge in [-0.05, 0) is 35.4 Å². The van der Waals surface area contributed by atoms with Crippen LogP contribution in [0.25, 0.3) is 22.3 Å². The highest BCUT2D eigenvalue weighted by molar-refractivity contribution is 5.98. The summed E-state index contributed by atoms with van der Waals surface area (Å²) < 4.78 is 1.74. The summed E-state index contributed by atoms with van der Waals surface area (Å²) in [7, 11) is 0. The molecule has 0 fully saturated rings. The van der Waals surface area contributed by atoms with Gasteiger partial charge >= 0.3 is 0 Å². The zero-order chi connectivity index (χ0) is 22.4. The highest BCUT2D eigenvalue weighted by Crippen LogP contribution is 2.38. The number of nitrogen functional groups attached to an aromatic ring is 1. The summed E-state index contributed by atoms with van der Waals surface area (Å²) in [5.41, 5.74) is 9.77. The van der Waals surface area contributed by atoms with Gasteiger partial charge in [-0.3, -0.25) is 4.79 Å². The number of aromatic nitrogens is 4. The highest BCUT2D eigenvalue weighted by Gasteiger charge is 2.31. The zero-order valence-electron chi connectivity index (χ0n) is 17.0. The first-order valence-electron chi connectivity index (χ1n) is 9.98. The fourth-order valence-corrected chi connectivity index (χ4v) is 4.17. The standard InChI is InChI=1S/C23H20N6O3/c1-2-19(32)28-10-14-5-3-4-6-15(14)16(11-28)29-23-20(22(24)25-12-26-23)21(27-29)13-7-8-17(30)18(31)9-13/h2-9,12,16,30-31H,1,10-11H2,(H2,24,25,26). The average molecular weight is 428 g/mol. The van der Waals surface area contributed by atoms with Gasteiger partial charge < -0.3 is 20.8 Å². The molecule has 1 aliphatic heterocycles. The molecule has 0 bridgehead atoms. The number of carbonyl (C=O) groups excluding carboxylic acids is 1. The van der Waals surface area contributed by atoms with E-state index in [2.05, 4.69) is 16.5 Å². The van der Waals surface area contributed by atoms with E-state index in [-0.39, 0.29) is 29.3 Å². The number of nitrogens with zero attached hydrogens (tertiary/aromatic N) is 5. The second-order valence-electron chi connectivity index (χ2n) is 7.59. The summed E-state index contributed by atoms with van der Waals surface area (Å²) >= 11 is 0. The van der Waals surface area contributed by atoms with Gasteiger partial charge in [-0.2, -0.15) is 5.10 Å². The molecule has 0 spiro atoms. The van der Waals surface area contributed by atoms with Gasteiger partial charge in [0.05, 0.1) is 11.4 Å². The number of phenols is 2. The van der Waals surface area contributed by atoms with Gasteiger partial charge in [-0.1, -0.05) is 30.8 Å². The molecule has 0 radical (unpaired) electrons. The van der Waals surface area contributed by atoms with Crippen LogP contribution in [0.1, 0.15) is 17.2 Å². The number of anilines is 1. The van der Waals surface area contributed by atoms with Crippen LogP contribution in [-0.2, 0) is 11.3 Å². The van der Waals surface area contributed by atoms with Crippen molar-refractivity contribution in [2.75, 3.05) is 12.3 Å². The number of hydrogen-bond acceptors (Lipinski definition) is 7. The molecule has 5 rings (SSSR count). The van der Waals surface area contributed by atoms with Crippen LogP contribution in [0.4, 0.5) is 5.82 Å². The third-order valence-electron chi connectivity index (χ3n) is 5.72. The molecule has 32 heavy (non-hydrogen) atoms. The van der Waals surface area contributed by atoms with Crippen LogP contribution in [-0.4, -0.2) is 47.3 Å². The molecular formula is C23H20N6O3. The lowest BCUT2D eigenvalue weighted by Crippen LogP contribution is -2.39. The molecule has 4 N–H and O–H groups in total.